The molecule has 0 spiro atoms. The second-order valence-corrected chi connectivity index (χ2v) is 12.2. The Bertz CT molecular complexity index is 1290. The summed E-state index contributed by atoms with van der Waals surface area (Å²) in [6.45, 7) is 0.570. The number of hydrogen-bond acceptors (Lipinski definition) is 9. The van der Waals surface area contributed by atoms with Gasteiger partial charge in [-0.05, 0) is 67.8 Å². The fourth-order valence-corrected chi connectivity index (χ4v) is 6.85. The minimum atomic E-state index is -1.79. The van der Waals surface area contributed by atoms with Crippen molar-refractivity contribution in [3.05, 3.63) is 73.8 Å². The van der Waals surface area contributed by atoms with E-state index in [1.54, 1.807) is 44.6 Å². The fraction of sp³-hybridized carbons (Fsp3) is 0.400. The SMILES string of the molecule is COC=Cc1cc(Cl)c(NC(=O)CCN(C)[C@H]2CC[C@H](OC(=O)C(O)(c3cccs3)c3cccs3)CC2)cc1OC. The first-order valence-corrected chi connectivity index (χ1v) is 15.5. The Balaban J connectivity index is 1.26. The van der Waals surface area contributed by atoms with Gasteiger partial charge in [-0.15, -0.1) is 22.7 Å². The van der Waals surface area contributed by atoms with Crippen molar-refractivity contribution in [2.24, 2.45) is 0 Å². The van der Waals surface area contributed by atoms with Gasteiger partial charge in [-0.2, -0.15) is 0 Å². The molecule has 1 amide bonds. The topological polar surface area (TPSA) is 97.3 Å². The van der Waals surface area contributed by atoms with Gasteiger partial charge in [0.25, 0.3) is 0 Å². The molecule has 0 aliphatic heterocycles. The summed E-state index contributed by atoms with van der Waals surface area (Å²) in [5.74, 6) is -0.212. The first-order chi connectivity index (χ1) is 19.8. The molecule has 8 nitrogen and oxygen atoms in total. The Morgan fingerprint density at radius 1 is 1.12 bits per heavy atom. The lowest BCUT2D eigenvalue weighted by Crippen LogP contribution is -2.42. The molecular formula is C30H35ClN2O6S2. The van der Waals surface area contributed by atoms with E-state index in [0.29, 0.717) is 52.0 Å². The van der Waals surface area contributed by atoms with E-state index in [2.05, 4.69) is 10.2 Å². The zero-order chi connectivity index (χ0) is 29.4. The quantitative estimate of drug-likeness (QED) is 0.186. The van der Waals surface area contributed by atoms with Gasteiger partial charge in [-0.1, -0.05) is 23.7 Å². The van der Waals surface area contributed by atoms with Crippen molar-refractivity contribution in [2.75, 3.05) is 33.1 Å². The molecule has 2 N–H and O–H groups in total. The lowest BCUT2D eigenvalue weighted by Gasteiger charge is -2.35. The minimum Gasteiger partial charge on any atom is -0.504 e. The Labute approximate surface area is 253 Å². The van der Waals surface area contributed by atoms with Gasteiger partial charge in [0.2, 0.25) is 11.5 Å². The average molecular weight is 619 g/mol. The number of thiophene rings is 2. The summed E-state index contributed by atoms with van der Waals surface area (Å²) < 4.78 is 16.2. The van der Waals surface area contributed by atoms with E-state index < -0.39 is 11.6 Å². The Kier molecular flexibility index (Phi) is 10.9. The Morgan fingerprint density at radius 3 is 2.34 bits per heavy atom. The highest BCUT2D eigenvalue weighted by atomic mass is 35.5. The number of hydrogen-bond donors (Lipinski definition) is 2. The van der Waals surface area contributed by atoms with E-state index in [1.165, 1.54) is 28.9 Å². The average Bonchev–Trinajstić information content (AvgIpc) is 3.72. The van der Waals surface area contributed by atoms with E-state index in [-0.39, 0.29) is 18.1 Å². The largest absolute Gasteiger partial charge is 0.504 e. The number of rotatable bonds is 12. The number of ether oxygens (including phenoxy) is 3. The lowest BCUT2D eigenvalue weighted by atomic mass is 9.91. The van der Waals surface area contributed by atoms with Gasteiger partial charge < -0.3 is 29.5 Å². The van der Waals surface area contributed by atoms with E-state index in [4.69, 9.17) is 25.8 Å². The second kappa shape index (κ2) is 14.3. The third-order valence-electron chi connectivity index (χ3n) is 7.26. The van der Waals surface area contributed by atoms with Crippen LogP contribution in [0.5, 0.6) is 5.75 Å². The summed E-state index contributed by atoms with van der Waals surface area (Å²) in [5, 5.41) is 18.4. The molecule has 41 heavy (non-hydrogen) atoms. The molecule has 0 unspecified atom stereocenters. The smallest absolute Gasteiger partial charge is 0.349 e. The van der Waals surface area contributed by atoms with E-state index in [9.17, 15) is 14.7 Å². The maximum Gasteiger partial charge on any atom is 0.349 e. The third kappa shape index (κ3) is 7.50. The van der Waals surface area contributed by atoms with Crippen LogP contribution in [0, 0.1) is 0 Å². The number of nitrogens with one attached hydrogen (secondary N) is 1. The van der Waals surface area contributed by atoms with Crippen LogP contribution in [0.1, 0.15) is 47.4 Å². The Hall–Kier alpha value is -2.89. The molecule has 220 valence electrons. The van der Waals surface area contributed by atoms with Crippen molar-refractivity contribution < 1.29 is 28.9 Å². The lowest BCUT2D eigenvalue weighted by molar-refractivity contribution is -0.169. The molecule has 1 fully saturated rings. The van der Waals surface area contributed by atoms with Crippen LogP contribution < -0.4 is 10.1 Å². The van der Waals surface area contributed by atoms with Crippen LogP contribution in [0.4, 0.5) is 5.69 Å². The molecule has 1 aromatic carbocycles. The van der Waals surface area contributed by atoms with Gasteiger partial charge in [0.15, 0.2) is 0 Å². The van der Waals surface area contributed by atoms with Crippen LogP contribution in [0.25, 0.3) is 6.08 Å². The van der Waals surface area contributed by atoms with Crippen LogP contribution in [-0.4, -0.2) is 61.8 Å². The van der Waals surface area contributed by atoms with Gasteiger partial charge in [-0.3, -0.25) is 4.79 Å². The van der Waals surface area contributed by atoms with E-state index in [1.807, 2.05) is 29.9 Å². The summed E-state index contributed by atoms with van der Waals surface area (Å²) in [4.78, 5) is 29.3. The number of halogens is 1. The highest BCUT2D eigenvalue weighted by Crippen LogP contribution is 2.38. The van der Waals surface area contributed by atoms with Crippen LogP contribution in [0.3, 0.4) is 0 Å². The van der Waals surface area contributed by atoms with Crippen LogP contribution >= 0.6 is 34.3 Å². The van der Waals surface area contributed by atoms with Gasteiger partial charge >= 0.3 is 5.97 Å². The molecule has 3 aromatic rings. The second-order valence-electron chi connectivity index (χ2n) is 9.89. The van der Waals surface area contributed by atoms with Gasteiger partial charge in [0.05, 0.1) is 40.9 Å². The molecule has 0 radical (unpaired) electrons. The predicted octanol–water partition coefficient (Wildman–Crippen LogP) is 6.14. The summed E-state index contributed by atoms with van der Waals surface area (Å²) in [5.41, 5.74) is -0.573. The number of anilines is 1. The molecule has 0 bridgehead atoms. The highest BCUT2D eigenvalue weighted by Gasteiger charge is 2.45. The monoisotopic (exact) mass is 618 g/mol. The minimum absolute atomic E-state index is 0.148. The predicted molar refractivity (Wildman–Crippen MR) is 164 cm³/mol. The van der Waals surface area contributed by atoms with E-state index >= 15 is 0 Å². The summed E-state index contributed by atoms with van der Waals surface area (Å²) in [6.07, 6.45) is 6.32. The van der Waals surface area contributed by atoms with Crippen LogP contribution in [0.2, 0.25) is 5.02 Å². The highest BCUT2D eigenvalue weighted by molar-refractivity contribution is 7.12. The first-order valence-electron chi connectivity index (χ1n) is 13.3. The molecular weight excluding hydrogens is 584 g/mol. The zero-order valence-corrected chi connectivity index (χ0v) is 25.7. The summed E-state index contributed by atoms with van der Waals surface area (Å²) in [6, 6.07) is 10.8. The number of aliphatic hydroxyl groups is 1. The van der Waals surface area contributed by atoms with Gasteiger partial charge in [0.1, 0.15) is 11.9 Å². The molecule has 0 atom stereocenters. The van der Waals surface area contributed by atoms with Crippen LogP contribution in [0.15, 0.2) is 53.4 Å². The summed E-state index contributed by atoms with van der Waals surface area (Å²) >= 11 is 9.06. The van der Waals surface area contributed by atoms with Crippen molar-refractivity contribution in [3.63, 3.8) is 0 Å². The molecule has 0 saturated heterocycles. The molecule has 1 aliphatic rings. The normalized spacial score (nSPS) is 17.5. The maximum absolute atomic E-state index is 13.3. The van der Waals surface area contributed by atoms with Crippen molar-refractivity contribution in [1.29, 1.82) is 0 Å². The standard InChI is InChI=1S/C30H35ClN2O6S2/c1-33(14-12-28(34)32-24-19-25(38-3)20(13-15-37-2)18-23(24)31)21-8-10-22(11-9-21)39-29(35)30(36,26-6-4-16-40-26)27-7-5-17-41-27/h4-7,13,15-19,21-22,36H,8-12,14H2,1-3H3,(H,32,34)/t21-,22-. The fourth-order valence-electron chi connectivity index (χ4n) is 4.92. The van der Waals surface area contributed by atoms with Crippen molar-refractivity contribution in [1.82, 2.24) is 4.90 Å². The number of amides is 1. The van der Waals surface area contributed by atoms with Gasteiger partial charge in [-0.25, -0.2) is 4.79 Å². The molecule has 2 heterocycles. The molecule has 1 aliphatic carbocycles. The number of carbonyl (C=O) groups excluding carboxylic acids is 2. The number of esters is 1. The number of nitrogens with zero attached hydrogens (tertiary/aromatic N) is 1. The van der Waals surface area contributed by atoms with Crippen molar-refractivity contribution in [2.45, 2.75) is 49.9 Å². The molecule has 4 rings (SSSR count). The number of methoxy groups -OCH3 is 2. The van der Waals surface area contributed by atoms with Crippen molar-refractivity contribution >= 4 is 57.9 Å². The number of benzene rings is 1. The Morgan fingerprint density at radius 2 is 1.78 bits per heavy atom. The van der Waals surface area contributed by atoms with Crippen LogP contribution in [-0.2, 0) is 24.7 Å². The third-order valence-corrected chi connectivity index (χ3v) is 9.53. The maximum atomic E-state index is 13.3. The molecule has 2 aromatic heterocycles. The molecule has 11 heteroatoms. The summed E-state index contributed by atoms with van der Waals surface area (Å²) in [7, 11) is 5.11. The zero-order valence-electron chi connectivity index (χ0n) is 23.3. The van der Waals surface area contributed by atoms with Gasteiger partial charge in [0, 0.05) is 30.6 Å². The first kappa shape index (κ1) is 31.1. The van der Waals surface area contributed by atoms with E-state index in [0.717, 1.165) is 18.4 Å². The molecule has 1 saturated carbocycles. The van der Waals surface area contributed by atoms with Crippen molar-refractivity contribution in [3.8, 4) is 5.75 Å². The number of carbonyl (C=O) groups is 2.